The molecule has 2 heterocycles. The number of ether oxygens (including phenoxy) is 2. The van der Waals surface area contributed by atoms with Crippen molar-refractivity contribution < 1.29 is 19.1 Å². The number of amides is 2. The van der Waals surface area contributed by atoms with E-state index < -0.39 is 0 Å². The van der Waals surface area contributed by atoms with Gasteiger partial charge in [0, 0.05) is 32.1 Å². The van der Waals surface area contributed by atoms with Crippen molar-refractivity contribution in [3.05, 3.63) is 23.3 Å². The lowest BCUT2D eigenvalue weighted by molar-refractivity contribution is -0.136. The van der Waals surface area contributed by atoms with Gasteiger partial charge in [0.1, 0.15) is 0 Å². The molecule has 1 aromatic carbocycles. The van der Waals surface area contributed by atoms with Crippen LogP contribution in [-0.2, 0) is 22.6 Å². The Morgan fingerprint density at radius 3 is 2.36 bits per heavy atom. The van der Waals surface area contributed by atoms with Gasteiger partial charge in [0.2, 0.25) is 11.8 Å². The highest BCUT2D eigenvalue weighted by Crippen LogP contribution is 2.34. The van der Waals surface area contributed by atoms with Crippen LogP contribution in [0.3, 0.4) is 0 Å². The molecule has 6 nitrogen and oxygen atoms in total. The van der Waals surface area contributed by atoms with E-state index in [1.54, 1.807) is 19.1 Å². The molecular formula is C19H26N2O4. The summed E-state index contributed by atoms with van der Waals surface area (Å²) in [6.45, 7) is 5.74. The van der Waals surface area contributed by atoms with E-state index in [-0.39, 0.29) is 23.8 Å². The SMILES string of the molecule is COc1cc2c(cc1OC)CN(C(=O)C1CC(=O)N(C(C)C)C1)CC2. The number of fused-ring (bicyclic) bond motifs is 1. The molecule has 0 bridgehead atoms. The van der Waals surface area contributed by atoms with E-state index in [4.69, 9.17) is 9.47 Å². The van der Waals surface area contributed by atoms with Gasteiger partial charge in [-0.2, -0.15) is 0 Å². The van der Waals surface area contributed by atoms with E-state index >= 15 is 0 Å². The molecule has 1 aromatic rings. The van der Waals surface area contributed by atoms with Crippen molar-refractivity contribution in [2.24, 2.45) is 5.92 Å². The Morgan fingerprint density at radius 1 is 1.16 bits per heavy atom. The van der Waals surface area contributed by atoms with Crippen LogP contribution in [0.2, 0.25) is 0 Å². The van der Waals surface area contributed by atoms with Gasteiger partial charge in [0.05, 0.1) is 20.1 Å². The molecule has 2 aliphatic rings. The molecule has 0 aliphatic carbocycles. The number of benzene rings is 1. The second-order valence-electron chi connectivity index (χ2n) is 7.03. The molecule has 2 aliphatic heterocycles. The highest BCUT2D eigenvalue weighted by molar-refractivity contribution is 5.89. The van der Waals surface area contributed by atoms with Gasteiger partial charge in [-0.05, 0) is 43.5 Å². The van der Waals surface area contributed by atoms with Gasteiger partial charge < -0.3 is 19.3 Å². The fraction of sp³-hybridized carbons (Fsp3) is 0.579. The number of carbonyl (C=O) groups excluding carboxylic acids is 2. The lowest BCUT2D eigenvalue weighted by atomic mass is 9.97. The number of methoxy groups -OCH3 is 2. The summed E-state index contributed by atoms with van der Waals surface area (Å²) < 4.78 is 10.7. The minimum atomic E-state index is -0.225. The monoisotopic (exact) mass is 346 g/mol. The third kappa shape index (κ3) is 3.30. The fourth-order valence-corrected chi connectivity index (χ4v) is 3.73. The Bertz CT molecular complexity index is 686. The maximum Gasteiger partial charge on any atom is 0.228 e. The molecule has 136 valence electrons. The van der Waals surface area contributed by atoms with Crippen LogP contribution in [-0.4, -0.2) is 55.0 Å². The minimum absolute atomic E-state index is 0.0805. The first-order valence-electron chi connectivity index (χ1n) is 8.76. The van der Waals surface area contributed by atoms with Crippen LogP contribution in [0.5, 0.6) is 11.5 Å². The normalized spacial score (nSPS) is 20.0. The molecular weight excluding hydrogens is 320 g/mol. The van der Waals surface area contributed by atoms with Crippen LogP contribution in [0, 0.1) is 5.92 Å². The van der Waals surface area contributed by atoms with Gasteiger partial charge in [-0.3, -0.25) is 9.59 Å². The molecule has 1 unspecified atom stereocenters. The predicted molar refractivity (Wildman–Crippen MR) is 93.6 cm³/mol. The average molecular weight is 346 g/mol. The molecule has 3 rings (SSSR count). The molecule has 2 amide bonds. The van der Waals surface area contributed by atoms with E-state index in [1.807, 2.05) is 30.9 Å². The number of carbonyl (C=O) groups is 2. The van der Waals surface area contributed by atoms with E-state index in [9.17, 15) is 9.59 Å². The number of hydrogen-bond donors (Lipinski definition) is 0. The molecule has 1 atom stereocenters. The van der Waals surface area contributed by atoms with Crippen LogP contribution < -0.4 is 9.47 Å². The maximum absolute atomic E-state index is 12.9. The molecule has 25 heavy (non-hydrogen) atoms. The Labute approximate surface area is 148 Å². The van der Waals surface area contributed by atoms with Gasteiger partial charge in [0.15, 0.2) is 11.5 Å². The van der Waals surface area contributed by atoms with Gasteiger partial charge in [0.25, 0.3) is 0 Å². The van der Waals surface area contributed by atoms with E-state index in [2.05, 4.69) is 0 Å². The van der Waals surface area contributed by atoms with Gasteiger partial charge in [-0.15, -0.1) is 0 Å². The second-order valence-corrected chi connectivity index (χ2v) is 7.03. The third-order valence-electron chi connectivity index (χ3n) is 5.16. The lowest BCUT2D eigenvalue weighted by Crippen LogP contribution is -2.41. The van der Waals surface area contributed by atoms with E-state index in [0.29, 0.717) is 31.8 Å². The van der Waals surface area contributed by atoms with Crippen LogP contribution in [0.1, 0.15) is 31.4 Å². The average Bonchev–Trinajstić information content (AvgIpc) is 3.01. The summed E-state index contributed by atoms with van der Waals surface area (Å²) >= 11 is 0. The van der Waals surface area contributed by atoms with Crippen LogP contribution in [0.25, 0.3) is 0 Å². The number of nitrogens with zero attached hydrogens (tertiary/aromatic N) is 2. The van der Waals surface area contributed by atoms with E-state index in [1.165, 1.54) is 5.56 Å². The molecule has 0 radical (unpaired) electrons. The maximum atomic E-state index is 12.9. The summed E-state index contributed by atoms with van der Waals surface area (Å²) in [5, 5.41) is 0. The first-order chi connectivity index (χ1) is 11.9. The minimum Gasteiger partial charge on any atom is -0.493 e. The van der Waals surface area contributed by atoms with Crippen LogP contribution in [0.4, 0.5) is 0 Å². The van der Waals surface area contributed by atoms with Crippen molar-refractivity contribution in [2.75, 3.05) is 27.3 Å². The van der Waals surface area contributed by atoms with Crippen molar-refractivity contribution >= 4 is 11.8 Å². The summed E-state index contributed by atoms with van der Waals surface area (Å²) in [6.07, 6.45) is 1.11. The summed E-state index contributed by atoms with van der Waals surface area (Å²) in [5.41, 5.74) is 2.27. The predicted octanol–water partition coefficient (Wildman–Crippen LogP) is 1.85. The topological polar surface area (TPSA) is 59.1 Å². The lowest BCUT2D eigenvalue weighted by Gasteiger charge is -2.31. The zero-order chi connectivity index (χ0) is 18.1. The highest BCUT2D eigenvalue weighted by Gasteiger charge is 2.38. The van der Waals surface area contributed by atoms with Crippen molar-refractivity contribution in [1.82, 2.24) is 9.80 Å². The smallest absolute Gasteiger partial charge is 0.228 e. The first-order valence-corrected chi connectivity index (χ1v) is 8.76. The molecule has 0 N–H and O–H groups in total. The van der Waals surface area contributed by atoms with Gasteiger partial charge in [-0.1, -0.05) is 0 Å². The molecule has 1 saturated heterocycles. The Morgan fingerprint density at radius 2 is 1.80 bits per heavy atom. The number of likely N-dealkylation sites (tertiary alicyclic amines) is 1. The largest absolute Gasteiger partial charge is 0.493 e. The highest BCUT2D eigenvalue weighted by atomic mass is 16.5. The third-order valence-corrected chi connectivity index (χ3v) is 5.16. The molecule has 6 heteroatoms. The number of hydrogen-bond acceptors (Lipinski definition) is 4. The van der Waals surface area contributed by atoms with Crippen LogP contribution >= 0.6 is 0 Å². The van der Waals surface area contributed by atoms with Crippen molar-refractivity contribution in [2.45, 2.75) is 39.3 Å². The van der Waals surface area contributed by atoms with Crippen molar-refractivity contribution in [3.8, 4) is 11.5 Å². The molecule has 0 saturated carbocycles. The summed E-state index contributed by atoms with van der Waals surface area (Å²) in [5.74, 6) is 1.33. The zero-order valence-electron chi connectivity index (χ0n) is 15.4. The molecule has 0 aromatic heterocycles. The standard InChI is InChI=1S/C19H26N2O4/c1-12(2)21-11-15(9-18(21)22)19(23)20-6-5-13-7-16(24-3)17(25-4)8-14(13)10-20/h7-8,12,15H,5-6,9-11H2,1-4H3. The van der Waals surface area contributed by atoms with Crippen molar-refractivity contribution in [1.29, 1.82) is 0 Å². The quantitative estimate of drug-likeness (QED) is 0.835. The summed E-state index contributed by atoms with van der Waals surface area (Å²) in [7, 11) is 3.24. The zero-order valence-corrected chi connectivity index (χ0v) is 15.4. The Hall–Kier alpha value is -2.24. The first kappa shape index (κ1) is 17.6. The fourth-order valence-electron chi connectivity index (χ4n) is 3.73. The van der Waals surface area contributed by atoms with Gasteiger partial charge >= 0.3 is 0 Å². The molecule has 0 spiro atoms. The number of rotatable bonds is 4. The van der Waals surface area contributed by atoms with Crippen molar-refractivity contribution in [3.63, 3.8) is 0 Å². The Kier molecular flexibility index (Phi) is 4.88. The van der Waals surface area contributed by atoms with Crippen LogP contribution in [0.15, 0.2) is 12.1 Å². The Balaban J connectivity index is 1.74. The summed E-state index contributed by atoms with van der Waals surface area (Å²) in [6, 6.07) is 4.09. The summed E-state index contributed by atoms with van der Waals surface area (Å²) in [4.78, 5) is 28.7. The van der Waals surface area contributed by atoms with E-state index in [0.717, 1.165) is 17.7 Å². The second kappa shape index (κ2) is 6.94. The molecule has 1 fully saturated rings. The van der Waals surface area contributed by atoms with Gasteiger partial charge in [-0.25, -0.2) is 0 Å².